The van der Waals surface area contributed by atoms with Gasteiger partial charge in [0.25, 0.3) is 0 Å². The third-order valence-corrected chi connectivity index (χ3v) is 9.35. The second-order valence-electron chi connectivity index (χ2n) is 14.2. The number of rotatable bonds is 12. The predicted molar refractivity (Wildman–Crippen MR) is 185 cm³/mol. The monoisotopic (exact) mass is 647 g/mol. The number of carbonyl (C=O) groups excluding carboxylic acids is 2. The number of para-hydroxylation sites is 2. The molecule has 2 amide bonds. The van der Waals surface area contributed by atoms with E-state index < -0.39 is 17.7 Å². The van der Waals surface area contributed by atoms with Crippen LogP contribution in [0.3, 0.4) is 0 Å². The second-order valence-corrected chi connectivity index (χ2v) is 14.2. The quantitative estimate of drug-likeness (QED) is 0.250. The van der Waals surface area contributed by atoms with Crippen LogP contribution in [0.4, 0.5) is 10.5 Å². The lowest BCUT2D eigenvalue weighted by molar-refractivity contribution is -0.133. The van der Waals surface area contributed by atoms with Gasteiger partial charge in [-0.05, 0) is 95.0 Å². The highest BCUT2D eigenvalue weighted by Gasteiger charge is 2.31. The summed E-state index contributed by atoms with van der Waals surface area (Å²) >= 11 is 0. The van der Waals surface area contributed by atoms with Crippen LogP contribution in [0.5, 0.6) is 0 Å². The fourth-order valence-electron chi connectivity index (χ4n) is 6.91. The van der Waals surface area contributed by atoms with E-state index in [-0.39, 0.29) is 24.9 Å². The van der Waals surface area contributed by atoms with Gasteiger partial charge in [0.1, 0.15) is 11.4 Å². The molecule has 2 aliphatic rings. The predicted octanol–water partition coefficient (Wildman–Crippen LogP) is 5.51. The van der Waals surface area contributed by atoms with Crippen LogP contribution in [0.25, 0.3) is 11.0 Å². The number of anilines is 1. The highest BCUT2D eigenvalue weighted by molar-refractivity contribution is 5.79. The first-order valence-electron chi connectivity index (χ1n) is 17.3. The van der Waals surface area contributed by atoms with E-state index in [1.807, 2.05) is 37.8 Å². The molecule has 2 N–H and O–H groups in total. The molecule has 0 radical (unpaired) electrons. The first kappa shape index (κ1) is 34.7. The van der Waals surface area contributed by atoms with Gasteiger partial charge in [0, 0.05) is 77.1 Å². The Hall–Kier alpha value is -3.63. The Bertz CT molecular complexity index is 1460. The molecule has 2 saturated heterocycles. The number of carbonyl (C=O) groups is 2. The van der Waals surface area contributed by atoms with Crippen LogP contribution in [-0.4, -0.2) is 89.7 Å². The fourth-order valence-corrected chi connectivity index (χ4v) is 6.91. The van der Waals surface area contributed by atoms with E-state index in [0.717, 1.165) is 79.8 Å². The maximum atomic E-state index is 13.9. The van der Waals surface area contributed by atoms with Crippen LogP contribution >= 0.6 is 0 Å². The third kappa shape index (κ3) is 9.47. The molecule has 2 atom stereocenters. The Balaban J connectivity index is 1.27. The number of alkyl carbamates (subject to hydrolysis) is 1. The number of aliphatic hydroxyl groups is 1. The summed E-state index contributed by atoms with van der Waals surface area (Å²) in [5, 5.41) is 12.5. The van der Waals surface area contributed by atoms with E-state index in [4.69, 9.17) is 14.5 Å². The summed E-state index contributed by atoms with van der Waals surface area (Å²) in [6.45, 7) is 10.4. The number of aliphatic hydroxyl groups excluding tert-OH is 1. The molecule has 1 aromatic heterocycles. The summed E-state index contributed by atoms with van der Waals surface area (Å²) in [7, 11) is 1.72. The van der Waals surface area contributed by atoms with Crippen molar-refractivity contribution in [3.63, 3.8) is 0 Å². The molecule has 47 heavy (non-hydrogen) atoms. The van der Waals surface area contributed by atoms with Crippen molar-refractivity contribution in [1.29, 1.82) is 0 Å². The van der Waals surface area contributed by atoms with Crippen LogP contribution in [0.2, 0.25) is 0 Å². The summed E-state index contributed by atoms with van der Waals surface area (Å²) in [4.78, 5) is 36.1. The molecular formula is C37H53N5O5. The molecule has 2 aromatic carbocycles. The minimum Gasteiger partial charge on any atom is -0.444 e. The molecule has 2 aliphatic heterocycles. The van der Waals surface area contributed by atoms with Crippen molar-refractivity contribution in [2.45, 2.75) is 89.8 Å². The number of methoxy groups -OCH3 is 1. The Kier molecular flexibility index (Phi) is 11.8. The first-order chi connectivity index (χ1) is 22.6. The smallest absolute Gasteiger partial charge is 0.407 e. The largest absolute Gasteiger partial charge is 0.444 e. The van der Waals surface area contributed by atoms with E-state index in [9.17, 15) is 14.7 Å². The number of likely N-dealkylation sites (tertiary alicyclic amines) is 1. The molecule has 0 saturated carbocycles. The van der Waals surface area contributed by atoms with Crippen LogP contribution in [-0.2, 0) is 27.2 Å². The average Bonchev–Trinajstić information content (AvgIpc) is 3.43. The topological polar surface area (TPSA) is 109 Å². The van der Waals surface area contributed by atoms with Crippen molar-refractivity contribution in [2.75, 3.05) is 51.4 Å². The van der Waals surface area contributed by atoms with E-state index in [2.05, 4.69) is 51.2 Å². The van der Waals surface area contributed by atoms with Crippen LogP contribution in [0.15, 0.2) is 48.5 Å². The Labute approximate surface area is 279 Å². The SMILES string of the molecule is COCCCn1c(C2CCCN(C(=O)CC(Cc3ccc(N4CCC(CO)CC4)cc3)NC(=O)OC(C)(C)C)C2)nc2ccccc21. The van der Waals surface area contributed by atoms with E-state index in [1.54, 1.807) is 7.11 Å². The van der Waals surface area contributed by atoms with E-state index in [0.29, 0.717) is 32.0 Å². The molecule has 256 valence electrons. The fraction of sp³-hybridized carbons (Fsp3) is 0.595. The van der Waals surface area contributed by atoms with Crippen molar-refractivity contribution in [3.8, 4) is 0 Å². The van der Waals surface area contributed by atoms with Crippen molar-refractivity contribution in [1.82, 2.24) is 19.8 Å². The molecule has 0 aliphatic carbocycles. The minimum absolute atomic E-state index is 0.0289. The molecule has 3 aromatic rings. The number of ether oxygens (including phenoxy) is 2. The maximum absolute atomic E-state index is 13.9. The number of fused-ring (bicyclic) bond motifs is 1. The molecule has 10 nitrogen and oxygen atoms in total. The van der Waals surface area contributed by atoms with Gasteiger partial charge in [-0.15, -0.1) is 0 Å². The highest BCUT2D eigenvalue weighted by atomic mass is 16.6. The van der Waals surface area contributed by atoms with Gasteiger partial charge in [0.05, 0.1) is 11.0 Å². The number of nitrogens with one attached hydrogen (secondary N) is 1. The van der Waals surface area contributed by atoms with Crippen LogP contribution < -0.4 is 10.2 Å². The Morgan fingerprint density at radius 3 is 2.49 bits per heavy atom. The first-order valence-corrected chi connectivity index (χ1v) is 17.3. The average molecular weight is 648 g/mol. The van der Waals surface area contributed by atoms with Gasteiger partial charge in [0.15, 0.2) is 0 Å². The van der Waals surface area contributed by atoms with Gasteiger partial charge in [-0.2, -0.15) is 0 Å². The number of aryl methyl sites for hydroxylation is 1. The number of hydrogen-bond donors (Lipinski definition) is 2. The van der Waals surface area contributed by atoms with Crippen molar-refractivity contribution in [2.24, 2.45) is 5.92 Å². The molecule has 10 heteroatoms. The lowest BCUT2D eigenvalue weighted by Gasteiger charge is -2.34. The third-order valence-electron chi connectivity index (χ3n) is 9.35. The lowest BCUT2D eigenvalue weighted by Crippen LogP contribution is -2.46. The molecule has 0 bridgehead atoms. The highest BCUT2D eigenvalue weighted by Crippen LogP contribution is 2.30. The summed E-state index contributed by atoms with van der Waals surface area (Å²) < 4.78 is 13.2. The van der Waals surface area contributed by atoms with Crippen LogP contribution in [0, 0.1) is 5.92 Å². The number of piperidine rings is 2. The van der Waals surface area contributed by atoms with Gasteiger partial charge in [0.2, 0.25) is 5.91 Å². The van der Waals surface area contributed by atoms with Crippen molar-refractivity contribution < 1.29 is 24.2 Å². The zero-order chi connectivity index (χ0) is 33.4. The van der Waals surface area contributed by atoms with E-state index >= 15 is 0 Å². The molecular weight excluding hydrogens is 594 g/mol. The second kappa shape index (κ2) is 16.0. The normalized spacial score (nSPS) is 18.4. The van der Waals surface area contributed by atoms with Gasteiger partial charge < -0.3 is 34.3 Å². The standard InChI is InChI=1S/C37H53N5O5/c1-37(2,3)47-36(45)38-30(23-27-12-14-31(15-13-27)40-20-16-28(26-43)17-21-40)24-34(44)41-18-7-9-29(25-41)35-39-32-10-5-6-11-33(32)42(35)19-8-22-46-4/h5-6,10-15,28-30,43H,7-9,16-26H2,1-4H3,(H,38,45). The Morgan fingerprint density at radius 2 is 1.79 bits per heavy atom. The van der Waals surface area contributed by atoms with Crippen LogP contribution in [0.1, 0.15) is 76.6 Å². The summed E-state index contributed by atoms with van der Waals surface area (Å²) in [6, 6.07) is 16.2. The Morgan fingerprint density at radius 1 is 1.04 bits per heavy atom. The van der Waals surface area contributed by atoms with E-state index in [1.165, 1.54) is 0 Å². The molecule has 5 rings (SSSR count). The van der Waals surface area contributed by atoms with Gasteiger partial charge >= 0.3 is 6.09 Å². The van der Waals surface area contributed by atoms with Crippen molar-refractivity contribution in [3.05, 3.63) is 59.9 Å². The molecule has 2 fully saturated rings. The number of amides is 2. The zero-order valence-corrected chi connectivity index (χ0v) is 28.6. The minimum atomic E-state index is -0.640. The number of hydrogen-bond acceptors (Lipinski definition) is 7. The molecule has 0 spiro atoms. The summed E-state index contributed by atoms with van der Waals surface area (Å²) in [5.74, 6) is 1.58. The number of benzene rings is 2. The van der Waals surface area contributed by atoms with Crippen molar-refractivity contribution >= 4 is 28.7 Å². The number of imidazole rings is 1. The zero-order valence-electron chi connectivity index (χ0n) is 28.6. The lowest BCUT2D eigenvalue weighted by atomic mass is 9.95. The molecule has 3 heterocycles. The summed E-state index contributed by atoms with van der Waals surface area (Å²) in [5.41, 5.74) is 3.66. The maximum Gasteiger partial charge on any atom is 0.407 e. The number of aromatic nitrogens is 2. The number of nitrogens with zero attached hydrogens (tertiary/aromatic N) is 4. The van der Waals surface area contributed by atoms with Gasteiger partial charge in [-0.1, -0.05) is 24.3 Å². The van der Waals surface area contributed by atoms with Gasteiger partial charge in [-0.3, -0.25) is 4.79 Å². The van der Waals surface area contributed by atoms with Gasteiger partial charge in [-0.25, -0.2) is 9.78 Å². The summed E-state index contributed by atoms with van der Waals surface area (Å²) in [6.07, 6.45) is 4.94. The molecule has 2 unspecified atom stereocenters.